The zero-order valence-electron chi connectivity index (χ0n) is 10.5. The van der Waals surface area contributed by atoms with E-state index < -0.39 is 5.91 Å². The van der Waals surface area contributed by atoms with Gasteiger partial charge in [0, 0.05) is 12.2 Å². The molecule has 2 aromatic rings. The van der Waals surface area contributed by atoms with Gasteiger partial charge in [0.2, 0.25) is 10.1 Å². The lowest BCUT2D eigenvalue weighted by Crippen LogP contribution is -2.11. The molecule has 1 aromatic carbocycles. The molecule has 0 spiro atoms. The fourth-order valence-corrected chi connectivity index (χ4v) is 2.24. The van der Waals surface area contributed by atoms with Crippen LogP contribution in [0.25, 0.3) is 0 Å². The number of aromatic nitrogens is 2. The third-order valence-corrected chi connectivity index (χ3v) is 3.13. The summed E-state index contributed by atoms with van der Waals surface area (Å²) < 4.78 is 13.2. The van der Waals surface area contributed by atoms with E-state index in [1.807, 2.05) is 6.92 Å². The van der Waals surface area contributed by atoms with E-state index in [1.165, 1.54) is 12.1 Å². The molecule has 2 rings (SSSR count). The molecular weight excluding hydrogens is 267 g/mol. The molecule has 19 heavy (non-hydrogen) atoms. The van der Waals surface area contributed by atoms with E-state index in [2.05, 4.69) is 20.8 Å². The molecule has 1 heterocycles. The molecule has 0 aliphatic carbocycles. The van der Waals surface area contributed by atoms with E-state index in [4.69, 9.17) is 0 Å². The Bertz CT molecular complexity index is 579. The third kappa shape index (κ3) is 3.47. The van der Waals surface area contributed by atoms with Gasteiger partial charge in [0.05, 0.1) is 0 Å². The summed E-state index contributed by atoms with van der Waals surface area (Å²) in [5.41, 5.74) is 1.14. The van der Waals surface area contributed by atoms with Crippen molar-refractivity contribution < 1.29 is 9.18 Å². The van der Waals surface area contributed by atoms with E-state index in [-0.39, 0.29) is 10.8 Å². The first-order chi connectivity index (χ1) is 9.08. The van der Waals surface area contributed by atoms with Crippen molar-refractivity contribution in [2.75, 3.05) is 17.2 Å². The van der Waals surface area contributed by atoms with Gasteiger partial charge in [0.1, 0.15) is 5.82 Å². The maximum Gasteiger partial charge on any atom is 0.286 e. The third-order valence-electron chi connectivity index (χ3n) is 2.25. The molecule has 0 saturated heterocycles. The molecular formula is C12H13FN4OS. The highest BCUT2D eigenvalue weighted by atomic mass is 32.1. The van der Waals surface area contributed by atoms with Gasteiger partial charge in [-0.15, -0.1) is 10.2 Å². The van der Waals surface area contributed by atoms with E-state index >= 15 is 0 Å². The minimum absolute atomic E-state index is 0.234. The molecule has 100 valence electrons. The highest BCUT2D eigenvalue weighted by molar-refractivity contribution is 7.17. The molecule has 2 N–H and O–H groups in total. The van der Waals surface area contributed by atoms with Crippen molar-refractivity contribution in [3.63, 3.8) is 0 Å². The number of aryl methyl sites for hydroxylation is 1. The fraction of sp³-hybridized carbons (Fsp3) is 0.250. The summed E-state index contributed by atoms with van der Waals surface area (Å²) in [5, 5.41) is 14.0. The lowest BCUT2D eigenvalue weighted by atomic mass is 10.2. The molecule has 0 aliphatic rings. The molecule has 1 aromatic heterocycles. The number of halogens is 1. The van der Waals surface area contributed by atoms with Gasteiger partial charge in [0.15, 0.2) is 0 Å². The molecule has 0 bridgehead atoms. The van der Waals surface area contributed by atoms with Crippen molar-refractivity contribution >= 4 is 28.1 Å². The second kappa shape index (κ2) is 5.75. The summed E-state index contributed by atoms with van der Waals surface area (Å²) >= 11 is 1.15. The zero-order chi connectivity index (χ0) is 13.8. The maximum absolute atomic E-state index is 13.2. The van der Waals surface area contributed by atoms with E-state index in [1.54, 1.807) is 13.0 Å². The zero-order valence-corrected chi connectivity index (χ0v) is 11.3. The summed E-state index contributed by atoms with van der Waals surface area (Å²) in [6.45, 7) is 4.39. The van der Waals surface area contributed by atoms with Crippen LogP contribution in [0.5, 0.6) is 0 Å². The molecule has 0 radical (unpaired) electrons. The van der Waals surface area contributed by atoms with Crippen LogP contribution in [0.15, 0.2) is 18.2 Å². The molecule has 5 nitrogen and oxygen atoms in total. The predicted molar refractivity (Wildman–Crippen MR) is 73.2 cm³/mol. The molecule has 0 atom stereocenters. The van der Waals surface area contributed by atoms with Crippen LogP contribution in [0, 0.1) is 12.7 Å². The molecule has 1 amide bonds. The summed E-state index contributed by atoms with van der Waals surface area (Å²) in [5.74, 6) is -0.785. The van der Waals surface area contributed by atoms with E-state index in [0.29, 0.717) is 17.4 Å². The van der Waals surface area contributed by atoms with Gasteiger partial charge >= 0.3 is 0 Å². The number of hydrogen-bond donors (Lipinski definition) is 2. The molecule has 7 heteroatoms. The number of carbonyl (C=O) groups excluding carboxylic acids is 1. The van der Waals surface area contributed by atoms with Crippen molar-refractivity contribution in [2.24, 2.45) is 0 Å². The Balaban J connectivity index is 2.11. The van der Waals surface area contributed by atoms with Gasteiger partial charge in [-0.1, -0.05) is 11.3 Å². The smallest absolute Gasteiger partial charge is 0.286 e. The average Bonchev–Trinajstić information content (AvgIpc) is 2.76. The quantitative estimate of drug-likeness (QED) is 0.903. The Kier molecular flexibility index (Phi) is 4.06. The number of carbonyl (C=O) groups is 1. The van der Waals surface area contributed by atoms with Crippen LogP contribution in [-0.2, 0) is 0 Å². The highest BCUT2D eigenvalue weighted by Crippen LogP contribution is 2.18. The van der Waals surface area contributed by atoms with Crippen molar-refractivity contribution in [3.05, 3.63) is 34.6 Å². The van der Waals surface area contributed by atoms with Crippen LogP contribution in [0.4, 0.5) is 15.2 Å². The van der Waals surface area contributed by atoms with E-state index in [0.717, 1.165) is 16.9 Å². The number of benzene rings is 1. The monoisotopic (exact) mass is 280 g/mol. The molecule has 0 saturated carbocycles. The van der Waals surface area contributed by atoms with Gasteiger partial charge in [0.25, 0.3) is 5.91 Å². The van der Waals surface area contributed by atoms with Gasteiger partial charge in [-0.3, -0.25) is 4.79 Å². The number of amides is 1. The van der Waals surface area contributed by atoms with Gasteiger partial charge in [-0.05, 0) is 37.6 Å². The summed E-state index contributed by atoms with van der Waals surface area (Å²) in [6, 6.07) is 4.34. The van der Waals surface area contributed by atoms with Crippen LogP contribution in [0.1, 0.15) is 22.3 Å². The predicted octanol–water partition coefficient (Wildman–Crippen LogP) is 2.67. The first kappa shape index (κ1) is 13.4. The van der Waals surface area contributed by atoms with Crippen LogP contribution in [0.3, 0.4) is 0 Å². The molecule has 0 unspecified atom stereocenters. The number of nitrogens with one attached hydrogen (secondary N) is 2. The van der Waals surface area contributed by atoms with Crippen molar-refractivity contribution in [1.29, 1.82) is 0 Å². The average molecular weight is 280 g/mol. The fourth-order valence-electron chi connectivity index (χ4n) is 1.53. The second-order valence-corrected chi connectivity index (χ2v) is 4.89. The standard InChI is InChI=1S/C12H13FN4OS/c1-3-14-12-17-16-11(19-12)10(18)15-9-5-7(2)4-8(13)6-9/h4-6H,3H2,1-2H3,(H,14,17)(H,15,18). The Hall–Kier alpha value is -2.02. The molecule has 0 aliphatic heterocycles. The van der Waals surface area contributed by atoms with Crippen LogP contribution >= 0.6 is 11.3 Å². The largest absolute Gasteiger partial charge is 0.360 e. The lowest BCUT2D eigenvalue weighted by molar-refractivity contribution is 0.102. The number of nitrogens with zero attached hydrogens (tertiary/aromatic N) is 2. The Morgan fingerprint density at radius 3 is 2.84 bits per heavy atom. The first-order valence-corrected chi connectivity index (χ1v) is 6.56. The summed E-state index contributed by atoms with van der Waals surface area (Å²) in [7, 11) is 0. The molecule has 0 fully saturated rings. The minimum Gasteiger partial charge on any atom is -0.360 e. The van der Waals surface area contributed by atoms with Crippen LogP contribution < -0.4 is 10.6 Å². The second-order valence-electron chi connectivity index (χ2n) is 3.91. The lowest BCUT2D eigenvalue weighted by Gasteiger charge is -2.04. The SMILES string of the molecule is CCNc1nnc(C(=O)Nc2cc(C)cc(F)c2)s1. The van der Waals surface area contributed by atoms with Gasteiger partial charge < -0.3 is 10.6 Å². The Morgan fingerprint density at radius 1 is 1.37 bits per heavy atom. The normalized spacial score (nSPS) is 10.3. The van der Waals surface area contributed by atoms with Crippen LogP contribution in [-0.4, -0.2) is 22.6 Å². The topological polar surface area (TPSA) is 66.9 Å². The van der Waals surface area contributed by atoms with E-state index in [9.17, 15) is 9.18 Å². The first-order valence-electron chi connectivity index (χ1n) is 5.74. The summed E-state index contributed by atoms with van der Waals surface area (Å²) in [6.07, 6.45) is 0. The van der Waals surface area contributed by atoms with Crippen molar-refractivity contribution in [1.82, 2.24) is 10.2 Å². The summed E-state index contributed by atoms with van der Waals surface area (Å²) in [4.78, 5) is 11.9. The number of rotatable bonds is 4. The maximum atomic E-state index is 13.2. The Labute approximate surface area is 113 Å². The Morgan fingerprint density at radius 2 is 2.16 bits per heavy atom. The minimum atomic E-state index is -0.397. The number of anilines is 2. The van der Waals surface area contributed by atoms with Crippen molar-refractivity contribution in [3.8, 4) is 0 Å². The number of hydrogen-bond acceptors (Lipinski definition) is 5. The van der Waals surface area contributed by atoms with Crippen molar-refractivity contribution in [2.45, 2.75) is 13.8 Å². The van der Waals surface area contributed by atoms with Gasteiger partial charge in [-0.2, -0.15) is 0 Å². The highest BCUT2D eigenvalue weighted by Gasteiger charge is 2.13. The van der Waals surface area contributed by atoms with Gasteiger partial charge in [-0.25, -0.2) is 4.39 Å². The van der Waals surface area contributed by atoms with Crippen LogP contribution in [0.2, 0.25) is 0 Å².